The Morgan fingerprint density at radius 2 is 2.21 bits per heavy atom. The van der Waals surface area contributed by atoms with E-state index < -0.39 is 5.97 Å². The minimum Gasteiger partial charge on any atom is -0.481 e. The van der Waals surface area contributed by atoms with Crippen LogP contribution in [0.4, 0.5) is 0 Å². The molecule has 1 aromatic carbocycles. The number of amides is 1. The van der Waals surface area contributed by atoms with Gasteiger partial charge in [0, 0.05) is 19.5 Å². The lowest BCUT2D eigenvalue weighted by Crippen LogP contribution is -2.41. The molecule has 1 aromatic heterocycles. The Labute approximate surface area is 149 Å². The molecule has 0 spiro atoms. The maximum atomic E-state index is 12.4. The van der Waals surface area contributed by atoms with E-state index >= 15 is 0 Å². The highest BCUT2D eigenvalue weighted by Gasteiger charge is 2.24. The Morgan fingerprint density at radius 1 is 1.38 bits per heavy atom. The van der Waals surface area contributed by atoms with Crippen molar-refractivity contribution in [2.24, 2.45) is 5.92 Å². The summed E-state index contributed by atoms with van der Waals surface area (Å²) in [5, 5.41) is 8.80. The topological polar surface area (TPSA) is 70.5 Å². The maximum absolute atomic E-state index is 12.4. The first-order valence-electron chi connectivity index (χ1n) is 8.10. The molecule has 1 amide bonds. The highest BCUT2D eigenvalue weighted by Crippen LogP contribution is 2.30. The highest BCUT2D eigenvalue weighted by molar-refractivity contribution is 8.01. The molecule has 2 heterocycles. The summed E-state index contributed by atoms with van der Waals surface area (Å²) in [7, 11) is 0. The highest BCUT2D eigenvalue weighted by atomic mass is 32.2. The number of aromatic nitrogens is 1. The fourth-order valence-electron chi connectivity index (χ4n) is 2.98. The fourth-order valence-corrected chi connectivity index (χ4v) is 4.95. The van der Waals surface area contributed by atoms with Crippen molar-refractivity contribution in [1.29, 1.82) is 0 Å². The maximum Gasteiger partial charge on any atom is 0.303 e. The summed E-state index contributed by atoms with van der Waals surface area (Å²) in [6.45, 7) is 1.47. The van der Waals surface area contributed by atoms with Crippen LogP contribution in [0.3, 0.4) is 0 Å². The van der Waals surface area contributed by atoms with E-state index in [0.717, 1.165) is 33.9 Å². The van der Waals surface area contributed by atoms with Gasteiger partial charge in [-0.1, -0.05) is 23.9 Å². The SMILES string of the molecule is O=C(O)CCC1CCCN(C(=O)CSc2nc3ccccc3s2)C1. The number of carboxylic acid groups (broad SMARTS) is 1. The largest absolute Gasteiger partial charge is 0.481 e. The number of hydrogen-bond acceptors (Lipinski definition) is 5. The van der Waals surface area contributed by atoms with E-state index in [1.807, 2.05) is 29.2 Å². The number of carboxylic acids is 1. The van der Waals surface area contributed by atoms with Crippen LogP contribution in [0.1, 0.15) is 25.7 Å². The predicted octanol–water partition coefficient (Wildman–Crippen LogP) is 3.49. The Morgan fingerprint density at radius 3 is 3.00 bits per heavy atom. The molecule has 2 aromatic rings. The zero-order chi connectivity index (χ0) is 16.9. The second kappa shape index (κ2) is 7.98. The molecule has 0 radical (unpaired) electrons. The summed E-state index contributed by atoms with van der Waals surface area (Å²) in [6, 6.07) is 7.98. The number of thioether (sulfide) groups is 1. The molecule has 24 heavy (non-hydrogen) atoms. The van der Waals surface area contributed by atoms with Gasteiger partial charge in [0.1, 0.15) is 0 Å². The van der Waals surface area contributed by atoms with Crippen molar-refractivity contribution < 1.29 is 14.7 Å². The zero-order valence-corrected chi connectivity index (χ0v) is 14.9. The van der Waals surface area contributed by atoms with Crippen molar-refractivity contribution in [3.8, 4) is 0 Å². The van der Waals surface area contributed by atoms with Crippen LogP contribution in [0.5, 0.6) is 0 Å². The van der Waals surface area contributed by atoms with Crippen molar-refractivity contribution >= 4 is 45.2 Å². The lowest BCUT2D eigenvalue weighted by Gasteiger charge is -2.32. The molecule has 1 unspecified atom stereocenters. The zero-order valence-electron chi connectivity index (χ0n) is 13.3. The van der Waals surface area contributed by atoms with Gasteiger partial charge in [0.2, 0.25) is 5.91 Å². The number of thiazole rings is 1. The third-order valence-electron chi connectivity index (χ3n) is 4.23. The van der Waals surface area contributed by atoms with Crippen molar-refractivity contribution in [2.75, 3.05) is 18.8 Å². The normalized spacial score (nSPS) is 18.0. The van der Waals surface area contributed by atoms with Crippen molar-refractivity contribution in [3.63, 3.8) is 0 Å². The van der Waals surface area contributed by atoms with Gasteiger partial charge in [-0.25, -0.2) is 4.98 Å². The van der Waals surface area contributed by atoms with E-state index in [1.54, 1.807) is 11.3 Å². The summed E-state index contributed by atoms with van der Waals surface area (Å²) < 4.78 is 2.06. The summed E-state index contributed by atoms with van der Waals surface area (Å²) in [4.78, 5) is 29.6. The summed E-state index contributed by atoms with van der Waals surface area (Å²) in [6.07, 6.45) is 2.82. The summed E-state index contributed by atoms with van der Waals surface area (Å²) in [5.41, 5.74) is 0.976. The lowest BCUT2D eigenvalue weighted by atomic mass is 9.93. The van der Waals surface area contributed by atoms with Crippen LogP contribution in [0.2, 0.25) is 0 Å². The van der Waals surface area contributed by atoms with Crippen molar-refractivity contribution in [3.05, 3.63) is 24.3 Å². The van der Waals surface area contributed by atoms with E-state index in [1.165, 1.54) is 11.8 Å². The molecule has 1 aliphatic rings. The number of benzene rings is 1. The van der Waals surface area contributed by atoms with Gasteiger partial charge in [-0.2, -0.15) is 0 Å². The van der Waals surface area contributed by atoms with Gasteiger partial charge in [-0.3, -0.25) is 9.59 Å². The number of carbonyl (C=O) groups is 2. The Bertz CT molecular complexity index is 698. The Balaban J connectivity index is 1.51. The fraction of sp³-hybridized carbons (Fsp3) is 0.471. The number of rotatable bonds is 6. The first-order chi connectivity index (χ1) is 11.6. The number of para-hydroxylation sites is 1. The van der Waals surface area contributed by atoms with E-state index in [9.17, 15) is 9.59 Å². The van der Waals surface area contributed by atoms with Crippen LogP contribution in [0, 0.1) is 5.92 Å². The van der Waals surface area contributed by atoms with Crippen LogP contribution in [-0.2, 0) is 9.59 Å². The van der Waals surface area contributed by atoms with Gasteiger partial charge in [-0.05, 0) is 37.3 Å². The average molecular weight is 364 g/mol. The average Bonchev–Trinajstić information content (AvgIpc) is 3.01. The third kappa shape index (κ3) is 4.48. The second-order valence-corrected chi connectivity index (χ2v) is 8.27. The number of piperidine rings is 1. The van der Waals surface area contributed by atoms with Crippen molar-refractivity contribution in [1.82, 2.24) is 9.88 Å². The molecule has 1 saturated heterocycles. The molecular formula is C17H20N2O3S2. The summed E-state index contributed by atoms with van der Waals surface area (Å²) in [5.74, 6) is 0.0706. The first-order valence-corrected chi connectivity index (χ1v) is 9.90. The van der Waals surface area contributed by atoms with Crippen LogP contribution < -0.4 is 0 Å². The summed E-state index contributed by atoms with van der Waals surface area (Å²) >= 11 is 3.10. The van der Waals surface area contributed by atoms with E-state index in [-0.39, 0.29) is 12.3 Å². The molecular weight excluding hydrogens is 344 g/mol. The minimum atomic E-state index is -0.759. The third-order valence-corrected chi connectivity index (χ3v) is 6.40. The number of likely N-dealkylation sites (tertiary alicyclic amines) is 1. The first kappa shape index (κ1) is 17.2. The molecule has 0 aliphatic carbocycles. The van der Waals surface area contributed by atoms with Crippen LogP contribution in [0.15, 0.2) is 28.6 Å². The Hall–Kier alpha value is -1.60. The predicted molar refractivity (Wildman–Crippen MR) is 96.5 cm³/mol. The van der Waals surface area contributed by atoms with Gasteiger partial charge in [0.15, 0.2) is 4.34 Å². The number of aliphatic carboxylic acids is 1. The second-order valence-electron chi connectivity index (χ2n) is 6.02. The smallest absolute Gasteiger partial charge is 0.303 e. The number of nitrogens with zero attached hydrogens (tertiary/aromatic N) is 2. The standard InChI is InChI=1S/C17H20N2O3S2/c20-15(19-9-3-4-12(10-19)7-8-16(21)22)11-23-17-18-13-5-1-2-6-14(13)24-17/h1-2,5-6,12H,3-4,7-11H2,(H,21,22). The van der Waals surface area contributed by atoms with Gasteiger partial charge in [-0.15, -0.1) is 11.3 Å². The molecule has 7 heteroatoms. The molecule has 5 nitrogen and oxygen atoms in total. The van der Waals surface area contributed by atoms with Crippen LogP contribution in [-0.4, -0.2) is 45.7 Å². The van der Waals surface area contributed by atoms with Gasteiger partial charge < -0.3 is 10.0 Å². The molecule has 3 rings (SSSR count). The number of hydrogen-bond donors (Lipinski definition) is 1. The van der Waals surface area contributed by atoms with Gasteiger partial charge in [0.05, 0.1) is 16.0 Å². The van der Waals surface area contributed by atoms with E-state index in [2.05, 4.69) is 4.98 Å². The molecule has 0 bridgehead atoms. The molecule has 0 saturated carbocycles. The van der Waals surface area contributed by atoms with Gasteiger partial charge >= 0.3 is 5.97 Å². The van der Waals surface area contributed by atoms with Crippen LogP contribution in [0.25, 0.3) is 10.2 Å². The molecule has 1 fully saturated rings. The molecule has 1 N–H and O–H groups in total. The van der Waals surface area contributed by atoms with Crippen LogP contribution >= 0.6 is 23.1 Å². The molecule has 1 aliphatic heterocycles. The van der Waals surface area contributed by atoms with Crippen molar-refractivity contribution in [2.45, 2.75) is 30.0 Å². The van der Waals surface area contributed by atoms with E-state index in [0.29, 0.717) is 24.6 Å². The minimum absolute atomic E-state index is 0.124. The van der Waals surface area contributed by atoms with Gasteiger partial charge in [0.25, 0.3) is 0 Å². The van der Waals surface area contributed by atoms with E-state index in [4.69, 9.17) is 5.11 Å². The molecule has 1 atom stereocenters. The number of fused-ring (bicyclic) bond motifs is 1. The number of carbonyl (C=O) groups excluding carboxylic acids is 1. The Kier molecular flexibility index (Phi) is 5.73. The monoisotopic (exact) mass is 364 g/mol. The lowest BCUT2D eigenvalue weighted by molar-refractivity contribution is -0.137. The molecule has 128 valence electrons. The quantitative estimate of drug-likeness (QED) is 0.795.